The van der Waals surface area contributed by atoms with Gasteiger partial charge in [-0.1, -0.05) is 0 Å². The van der Waals surface area contributed by atoms with Gasteiger partial charge in [0.2, 0.25) is 5.91 Å². The molecule has 76 valence electrons. The molecular formula is C8H15ClN2O2. The highest BCUT2D eigenvalue weighted by Crippen LogP contribution is 1.97. The molecule has 0 fully saturated rings. The summed E-state index contributed by atoms with van der Waals surface area (Å²) in [6.45, 7) is 5.50. The summed E-state index contributed by atoms with van der Waals surface area (Å²) >= 11 is 5.32. The minimum absolute atomic E-state index is 0.152. The van der Waals surface area contributed by atoms with E-state index in [1.807, 2.05) is 20.8 Å². The smallest absolute Gasteiger partial charge is 0.321 e. The number of hydrogen-bond donors (Lipinski definition) is 2. The minimum atomic E-state index is -0.484. The summed E-state index contributed by atoms with van der Waals surface area (Å²) in [6.07, 6.45) is 0.152. The van der Waals surface area contributed by atoms with E-state index in [4.69, 9.17) is 11.6 Å². The van der Waals surface area contributed by atoms with Gasteiger partial charge in [0.1, 0.15) is 0 Å². The molecule has 0 aliphatic carbocycles. The van der Waals surface area contributed by atoms with Crippen LogP contribution in [0.5, 0.6) is 0 Å². The molecule has 0 aliphatic heterocycles. The summed E-state index contributed by atoms with van der Waals surface area (Å²) < 4.78 is 0. The molecule has 0 radical (unpaired) electrons. The number of rotatable bonds is 2. The topological polar surface area (TPSA) is 58.2 Å². The molecule has 0 rings (SSSR count). The van der Waals surface area contributed by atoms with E-state index in [0.29, 0.717) is 0 Å². The number of hydrogen-bond acceptors (Lipinski definition) is 2. The maximum atomic E-state index is 11.1. The van der Waals surface area contributed by atoms with E-state index in [0.717, 1.165) is 0 Å². The van der Waals surface area contributed by atoms with Crippen molar-refractivity contribution in [3.63, 3.8) is 0 Å². The standard InChI is InChI=1S/C8H15ClN2O2/c1-8(2,3)11-7(13)10-6(12)4-5-9/h4-5H2,1-3H3,(H2,10,11,12,13). The van der Waals surface area contributed by atoms with E-state index in [1.165, 1.54) is 0 Å². The lowest BCUT2D eigenvalue weighted by Gasteiger charge is -2.20. The van der Waals surface area contributed by atoms with Crippen molar-refractivity contribution in [1.29, 1.82) is 0 Å². The number of carbonyl (C=O) groups excluding carboxylic acids is 2. The second kappa shape index (κ2) is 5.07. The zero-order chi connectivity index (χ0) is 10.5. The number of halogens is 1. The SMILES string of the molecule is CC(C)(C)NC(=O)NC(=O)CCCl. The van der Waals surface area contributed by atoms with Gasteiger partial charge < -0.3 is 5.32 Å². The molecule has 0 unspecified atom stereocenters. The molecule has 0 aromatic heterocycles. The fourth-order valence-corrected chi connectivity index (χ4v) is 0.818. The van der Waals surface area contributed by atoms with E-state index in [-0.39, 0.29) is 23.7 Å². The molecule has 0 aliphatic rings. The molecule has 4 nitrogen and oxygen atoms in total. The largest absolute Gasteiger partial charge is 0.333 e. The number of alkyl halides is 1. The average Bonchev–Trinajstić information content (AvgIpc) is 1.81. The lowest BCUT2D eigenvalue weighted by Crippen LogP contribution is -2.48. The molecule has 5 heteroatoms. The van der Waals surface area contributed by atoms with Crippen LogP contribution in [0.4, 0.5) is 4.79 Å². The van der Waals surface area contributed by atoms with Crippen molar-refractivity contribution in [2.45, 2.75) is 32.7 Å². The first-order chi connectivity index (χ1) is 5.85. The van der Waals surface area contributed by atoms with E-state index >= 15 is 0 Å². The van der Waals surface area contributed by atoms with Gasteiger partial charge >= 0.3 is 6.03 Å². The average molecular weight is 207 g/mol. The van der Waals surface area contributed by atoms with Gasteiger partial charge in [-0.3, -0.25) is 10.1 Å². The molecule has 3 amide bonds. The summed E-state index contributed by atoms with van der Waals surface area (Å²) in [5.74, 6) is -0.147. The summed E-state index contributed by atoms with van der Waals surface area (Å²) in [5.41, 5.74) is -0.342. The van der Waals surface area contributed by atoms with E-state index < -0.39 is 6.03 Å². The first kappa shape index (κ1) is 12.2. The summed E-state index contributed by atoms with van der Waals surface area (Å²) in [7, 11) is 0. The number of nitrogens with one attached hydrogen (secondary N) is 2. The molecule has 0 aromatic carbocycles. The fourth-order valence-electron chi connectivity index (χ4n) is 0.647. The Hall–Kier alpha value is -0.770. The zero-order valence-corrected chi connectivity index (χ0v) is 8.86. The van der Waals surface area contributed by atoms with Crippen molar-refractivity contribution in [3.05, 3.63) is 0 Å². The molecule has 13 heavy (non-hydrogen) atoms. The highest BCUT2D eigenvalue weighted by atomic mass is 35.5. The molecule has 0 aromatic rings. The van der Waals surface area contributed by atoms with Gasteiger partial charge in [-0.25, -0.2) is 4.79 Å². The summed E-state index contributed by atoms with van der Waals surface area (Å²) in [5, 5.41) is 4.76. The van der Waals surface area contributed by atoms with Gasteiger partial charge in [-0.05, 0) is 20.8 Å². The Morgan fingerprint density at radius 1 is 1.31 bits per heavy atom. The third kappa shape index (κ3) is 7.59. The van der Waals surface area contributed by atoms with Crippen LogP contribution in [0.3, 0.4) is 0 Å². The Bertz CT molecular complexity index is 199. The third-order valence-electron chi connectivity index (χ3n) is 1.06. The third-order valence-corrected chi connectivity index (χ3v) is 1.25. The monoisotopic (exact) mass is 206 g/mol. The van der Waals surface area contributed by atoms with Crippen molar-refractivity contribution in [2.75, 3.05) is 5.88 Å². The maximum Gasteiger partial charge on any atom is 0.321 e. The van der Waals surface area contributed by atoms with Crippen LogP contribution < -0.4 is 10.6 Å². The van der Waals surface area contributed by atoms with Crippen molar-refractivity contribution in [2.24, 2.45) is 0 Å². The summed E-state index contributed by atoms with van der Waals surface area (Å²) in [6, 6.07) is -0.484. The molecule has 0 bridgehead atoms. The predicted octanol–water partition coefficient (Wildman–Crippen LogP) is 1.24. The lowest BCUT2D eigenvalue weighted by molar-refractivity contribution is -0.119. The van der Waals surface area contributed by atoms with Crippen LogP contribution in [0, 0.1) is 0 Å². The van der Waals surface area contributed by atoms with Crippen LogP contribution in [-0.4, -0.2) is 23.4 Å². The predicted molar refractivity (Wildman–Crippen MR) is 51.8 cm³/mol. The molecule has 0 saturated carbocycles. The Morgan fingerprint density at radius 2 is 1.85 bits per heavy atom. The molecule has 0 heterocycles. The molecular weight excluding hydrogens is 192 g/mol. The Morgan fingerprint density at radius 3 is 2.23 bits per heavy atom. The molecule has 0 saturated heterocycles. The van der Waals surface area contributed by atoms with Gasteiger partial charge in [0.15, 0.2) is 0 Å². The van der Waals surface area contributed by atoms with E-state index in [1.54, 1.807) is 0 Å². The van der Waals surface area contributed by atoms with Gasteiger partial charge in [0.05, 0.1) is 0 Å². The van der Waals surface area contributed by atoms with E-state index in [2.05, 4.69) is 10.6 Å². The number of urea groups is 1. The fraction of sp³-hybridized carbons (Fsp3) is 0.750. The Labute approximate surface area is 83.0 Å². The Balaban J connectivity index is 3.82. The van der Waals surface area contributed by atoms with Crippen LogP contribution in [0.25, 0.3) is 0 Å². The first-order valence-corrected chi connectivity index (χ1v) is 4.56. The van der Waals surface area contributed by atoms with Crippen molar-refractivity contribution < 1.29 is 9.59 Å². The first-order valence-electron chi connectivity index (χ1n) is 4.03. The van der Waals surface area contributed by atoms with Crippen LogP contribution in [-0.2, 0) is 4.79 Å². The van der Waals surface area contributed by atoms with Crippen LogP contribution in [0.1, 0.15) is 27.2 Å². The molecule has 0 atom stereocenters. The normalized spacial score (nSPS) is 10.8. The molecule has 0 spiro atoms. The Kier molecular flexibility index (Phi) is 4.77. The lowest BCUT2D eigenvalue weighted by atomic mass is 10.1. The zero-order valence-electron chi connectivity index (χ0n) is 8.11. The van der Waals surface area contributed by atoms with Crippen molar-refractivity contribution in [1.82, 2.24) is 10.6 Å². The van der Waals surface area contributed by atoms with Crippen LogP contribution >= 0.6 is 11.6 Å². The second-order valence-electron chi connectivity index (χ2n) is 3.69. The minimum Gasteiger partial charge on any atom is -0.333 e. The van der Waals surface area contributed by atoms with Gasteiger partial charge in [0.25, 0.3) is 0 Å². The van der Waals surface area contributed by atoms with Gasteiger partial charge in [-0.2, -0.15) is 0 Å². The van der Waals surface area contributed by atoms with Crippen LogP contribution in [0.2, 0.25) is 0 Å². The number of imide groups is 1. The van der Waals surface area contributed by atoms with Crippen LogP contribution in [0.15, 0.2) is 0 Å². The quantitative estimate of drug-likeness (QED) is 0.668. The maximum absolute atomic E-state index is 11.1. The van der Waals surface area contributed by atoms with E-state index in [9.17, 15) is 9.59 Å². The number of amides is 3. The highest BCUT2D eigenvalue weighted by molar-refractivity contribution is 6.19. The molecule has 2 N–H and O–H groups in total. The number of carbonyl (C=O) groups is 2. The second-order valence-corrected chi connectivity index (χ2v) is 4.07. The highest BCUT2D eigenvalue weighted by Gasteiger charge is 2.14. The summed E-state index contributed by atoms with van der Waals surface area (Å²) in [4.78, 5) is 21.9. The van der Waals surface area contributed by atoms with Gasteiger partial charge in [-0.15, -0.1) is 11.6 Å². The van der Waals surface area contributed by atoms with Crippen molar-refractivity contribution in [3.8, 4) is 0 Å². The van der Waals surface area contributed by atoms with Gasteiger partial charge in [0, 0.05) is 17.8 Å². The van der Waals surface area contributed by atoms with Crippen molar-refractivity contribution >= 4 is 23.5 Å².